The second-order valence-electron chi connectivity index (χ2n) is 4.23. The molecular formula is C12H17NO3. The average Bonchev–Trinajstić information content (AvgIpc) is 2.28. The largest absolute Gasteiger partial charge is 0.497 e. The molecule has 4 nitrogen and oxygen atoms in total. The van der Waals surface area contributed by atoms with Crippen LogP contribution in [0, 0.1) is 0 Å². The minimum Gasteiger partial charge on any atom is -0.497 e. The number of carbonyl (C=O) groups is 1. The van der Waals surface area contributed by atoms with Crippen LogP contribution in [0.5, 0.6) is 5.75 Å². The van der Waals surface area contributed by atoms with E-state index >= 15 is 0 Å². The molecule has 2 N–H and O–H groups in total. The molecule has 0 aliphatic rings. The second-order valence-corrected chi connectivity index (χ2v) is 4.23. The number of aliphatic hydroxyl groups excluding tert-OH is 1. The van der Waals surface area contributed by atoms with Crippen LogP contribution in [0.15, 0.2) is 24.3 Å². The van der Waals surface area contributed by atoms with E-state index in [1.54, 1.807) is 45.2 Å². The Hall–Kier alpha value is -1.55. The zero-order chi connectivity index (χ0) is 12.2. The first-order valence-corrected chi connectivity index (χ1v) is 5.06. The van der Waals surface area contributed by atoms with Gasteiger partial charge in [0.25, 0.3) is 5.91 Å². The van der Waals surface area contributed by atoms with E-state index in [0.717, 1.165) is 0 Å². The van der Waals surface area contributed by atoms with Crippen LogP contribution in [-0.4, -0.2) is 30.3 Å². The number of aliphatic hydroxyl groups is 1. The SMILES string of the molecule is COc1cccc(C(=O)NC(C)(C)CO)c1. The van der Waals surface area contributed by atoms with E-state index in [9.17, 15) is 4.79 Å². The van der Waals surface area contributed by atoms with Gasteiger partial charge < -0.3 is 15.2 Å². The van der Waals surface area contributed by atoms with Crippen molar-refractivity contribution in [1.82, 2.24) is 5.32 Å². The molecule has 0 saturated carbocycles. The van der Waals surface area contributed by atoms with Crippen LogP contribution in [-0.2, 0) is 0 Å². The Morgan fingerprint density at radius 2 is 2.19 bits per heavy atom. The first kappa shape index (κ1) is 12.5. The zero-order valence-corrected chi connectivity index (χ0v) is 9.78. The monoisotopic (exact) mass is 223 g/mol. The molecule has 4 heteroatoms. The number of benzene rings is 1. The Balaban J connectivity index is 2.80. The summed E-state index contributed by atoms with van der Waals surface area (Å²) in [6.07, 6.45) is 0. The fourth-order valence-electron chi connectivity index (χ4n) is 1.18. The molecule has 0 bridgehead atoms. The van der Waals surface area contributed by atoms with Crippen molar-refractivity contribution in [3.05, 3.63) is 29.8 Å². The standard InChI is InChI=1S/C12H17NO3/c1-12(2,8-14)13-11(15)9-5-4-6-10(7-9)16-3/h4-7,14H,8H2,1-3H3,(H,13,15). The van der Waals surface area contributed by atoms with Crippen molar-refractivity contribution in [2.45, 2.75) is 19.4 Å². The van der Waals surface area contributed by atoms with Gasteiger partial charge in [-0.1, -0.05) is 6.07 Å². The number of carbonyl (C=O) groups excluding carboxylic acids is 1. The van der Waals surface area contributed by atoms with Crippen LogP contribution in [0.3, 0.4) is 0 Å². The highest BCUT2D eigenvalue weighted by atomic mass is 16.5. The molecule has 0 unspecified atom stereocenters. The van der Waals surface area contributed by atoms with Crippen LogP contribution in [0.4, 0.5) is 0 Å². The van der Waals surface area contributed by atoms with Crippen molar-refractivity contribution in [3.8, 4) is 5.75 Å². The lowest BCUT2D eigenvalue weighted by molar-refractivity contribution is 0.0869. The highest BCUT2D eigenvalue weighted by Gasteiger charge is 2.19. The van der Waals surface area contributed by atoms with Gasteiger partial charge in [0.15, 0.2) is 0 Å². The van der Waals surface area contributed by atoms with Gasteiger partial charge in [-0.2, -0.15) is 0 Å². The quantitative estimate of drug-likeness (QED) is 0.806. The molecule has 0 spiro atoms. The number of hydrogen-bond donors (Lipinski definition) is 2. The number of methoxy groups -OCH3 is 1. The van der Waals surface area contributed by atoms with Gasteiger partial charge in [-0.05, 0) is 32.0 Å². The molecule has 0 heterocycles. The molecule has 16 heavy (non-hydrogen) atoms. The number of ether oxygens (including phenoxy) is 1. The Morgan fingerprint density at radius 1 is 1.50 bits per heavy atom. The molecule has 0 radical (unpaired) electrons. The van der Waals surface area contributed by atoms with Crippen LogP contribution in [0.1, 0.15) is 24.2 Å². The zero-order valence-electron chi connectivity index (χ0n) is 9.78. The molecule has 1 aromatic carbocycles. The summed E-state index contributed by atoms with van der Waals surface area (Å²) in [5, 5.41) is 11.8. The van der Waals surface area contributed by atoms with Gasteiger partial charge in [0.1, 0.15) is 5.75 Å². The van der Waals surface area contributed by atoms with Gasteiger partial charge in [-0.15, -0.1) is 0 Å². The fourth-order valence-corrected chi connectivity index (χ4v) is 1.18. The maximum Gasteiger partial charge on any atom is 0.251 e. The molecule has 0 atom stereocenters. The Morgan fingerprint density at radius 3 is 2.75 bits per heavy atom. The maximum absolute atomic E-state index is 11.8. The molecule has 1 rings (SSSR count). The first-order valence-electron chi connectivity index (χ1n) is 5.06. The molecule has 0 saturated heterocycles. The summed E-state index contributed by atoms with van der Waals surface area (Å²) in [6.45, 7) is 3.40. The highest BCUT2D eigenvalue weighted by Crippen LogP contribution is 2.13. The Kier molecular flexibility index (Phi) is 3.90. The Bertz CT molecular complexity index is 374. The summed E-state index contributed by atoms with van der Waals surface area (Å²) < 4.78 is 5.03. The first-order chi connectivity index (χ1) is 7.48. The molecule has 0 aliphatic carbocycles. The van der Waals surface area contributed by atoms with Crippen molar-refractivity contribution in [2.24, 2.45) is 0 Å². The normalized spacial score (nSPS) is 11.0. The topological polar surface area (TPSA) is 58.6 Å². The van der Waals surface area contributed by atoms with E-state index in [1.807, 2.05) is 0 Å². The second kappa shape index (κ2) is 4.99. The van der Waals surface area contributed by atoms with Crippen LogP contribution >= 0.6 is 0 Å². The van der Waals surface area contributed by atoms with Gasteiger partial charge >= 0.3 is 0 Å². The smallest absolute Gasteiger partial charge is 0.251 e. The van der Waals surface area contributed by atoms with Gasteiger partial charge in [0.2, 0.25) is 0 Å². The van der Waals surface area contributed by atoms with Gasteiger partial charge in [0.05, 0.1) is 19.3 Å². The van der Waals surface area contributed by atoms with E-state index in [4.69, 9.17) is 9.84 Å². The van der Waals surface area contributed by atoms with Gasteiger partial charge in [-0.3, -0.25) is 4.79 Å². The maximum atomic E-state index is 11.8. The van der Waals surface area contributed by atoms with Crippen LogP contribution < -0.4 is 10.1 Å². The summed E-state index contributed by atoms with van der Waals surface area (Å²) in [4.78, 5) is 11.8. The summed E-state index contributed by atoms with van der Waals surface area (Å²) in [5.41, 5.74) is -0.110. The van der Waals surface area contributed by atoms with Crippen LogP contribution in [0.2, 0.25) is 0 Å². The number of hydrogen-bond acceptors (Lipinski definition) is 3. The minimum atomic E-state index is -0.625. The molecule has 0 aromatic heterocycles. The van der Waals surface area contributed by atoms with E-state index in [2.05, 4.69) is 5.32 Å². The number of amides is 1. The van der Waals surface area contributed by atoms with Gasteiger partial charge in [0, 0.05) is 5.56 Å². The lowest BCUT2D eigenvalue weighted by Gasteiger charge is -2.23. The predicted molar refractivity (Wildman–Crippen MR) is 61.6 cm³/mol. The van der Waals surface area contributed by atoms with Crippen molar-refractivity contribution in [3.63, 3.8) is 0 Å². The summed E-state index contributed by atoms with van der Waals surface area (Å²) in [6, 6.07) is 6.88. The molecule has 88 valence electrons. The van der Waals surface area contributed by atoms with Gasteiger partial charge in [-0.25, -0.2) is 0 Å². The Labute approximate surface area is 95.2 Å². The van der Waals surface area contributed by atoms with Crippen molar-refractivity contribution >= 4 is 5.91 Å². The average molecular weight is 223 g/mol. The summed E-state index contributed by atoms with van der Waals surface area (Å²) in [5.74, 6) is 0.410. The number of nitrogens with one attached hydrogen (secondary N) is 1. The van der Waals surface area contributed by atoms with Crippen molar-refractivity contribution in [1.29, 1.82) is 0 Å². The molecule has 1 aromatic rings. The molecule has 0 aliphatic heterocycles. The van der Waals surface area contributed by atoms with Crippen molar-refractivity contribution in [2.75, 3.05) is 13.7 Å². The molecule has 1 amide bonds. The third-order valence-electron chi connectivity index (χ3n) is 2.18. The summed E-state index contributed by atoms with van der Waals surface area (Å²) >= 11 is 0. The third kappa shape index (κ3) is 3.24. The highest BCUT2D eigenvalue weighted by molar-refractivity contribution is 5.95. The summed E-state index contributed by atoms with van der Waals surface area (Å²) in [7, 11) is 1.55. The lowest BCUT2D eigenvalue weighted by Crippen LogP contribution is -2.46. The fraction of sp³-hybridized carbons (Fsp3) is 0.417. The predicted octanol–water partition coefficient (Wildman–Crippen LogP) is 1.20. The minimum absolute atomic E-state index is 0.108. The molecule has 0 fully saturated rings. The van der Waals surface area contributed by atoms with E-state index < -0.39 is 5.54 Å². The van der Waals surface area contributed by atoms with Crippen molar-refractivity contribution < 1.29 is 14.6 Å². The van der Waals surface area contributed by atoms with E-state index in [-0.39, 0.29) is 12.5 Å². The van der Waals surface area contributed by atoms with Crippen LogP contribution in [0.25, 0.3) is 0 Å². The lowest BCUT2D eigenvalue weighted by atomic mass is 10.1. The van der Waals surface area contributed by atoms with E-state index in [0.29, 0.717) is 11.3 Å². The number of rotatable bonds is 4. The van der Waals surface area contributed by atoms with E-state index in [1.165, 1.54) is 0 Å². The third-order valence-corrected chi connectivity index (χ3v) is 2.18. The molecular weight excluding hydrogens is 206 g/mol.